The zero-order chi connectivity index (χ0) is 20.8. The molecule has 29 heavy (non-hydrogen) atoms. The van der Waals surface area contributed by atoms with Gasteiger partial charge in [0.15, 0.2) is 11.5 Å². The molecule has 1 aliphatic rings. The van der Waals surface area contributed by atoms with E-state index >= 15 is 0 Å². The fourth-order valence-corrected chi connectivity index (χ4v) is 3.24. The summed E-state index contributed by atoms with van der Waals surface area (Å²) in [6, 6.07) is 10.6. The van der Waals surface area contributed by atoms with Crippen LogP contribution in [0.2, 0.25) is 0 Å². The maximum absolute atomic E-state index is 13.0. The Morgan fingerprint density at radius 2 is 1.72 bits per heavy atom. The summed E-state index contributed by atoms with van der Waals surface area (Å²) in [5.74, 6) is -0.423. The highest BCUT2D eigenvalue weighted by atomic mass is 19.3. The lowest BCUT2D eigenvalue weighted by Crippen LogP contribution is -2.48. The molecule has 1 aliphatic heterocycles. The van der Waals surface area contributed by atoms with Gasteiger partial charge in [-0.2, -0.15) is 8.78 Å². The molecule has 1 amide bonds. The van der Waals surface area contributed by atoms with Gasteiger partial charge in [0.1, 0.15) is 5.82 Å². The maximum Gasteiger partial charge on any atom is 0.387 e. The van der Waals surface area contributed by atoms with E-state index in [1.54, 1.807) is 24.0 Å². The maximum atomic E-state index is 13.0. The number of amides is 1. The quantitative estimate of drug-likeness (QED) is 0.699. The second-order valence-electron chi connectivity index (χ2n) is 6.67. The molecule has 2 aromatic carbocycles. The molecule has 0 N–H and O–H groups in total. The standard InChI is InChI=1S/C21H23F3N2O3/c1-2-28-19-13-16(5-8-18(19)29-21(23)24)20(27)26-11-9-25(10-12-26)14-15-3-6-17(22)7-4-15/h3-8,13,21H,2,9-12,14H2,1H3. The molecule has 0 aromatic heterocycles. The van der Waals surface area contributed by atoms with Gasteiger partial charge in [-0.05, 0) is 42.8 Å². The van der Waals surface area contributed by atoms with Crippen molar-refractivity contribution in [2.45, 2.75) is 20.1 Å². The first kappa shape index (κ1) is 21.0. The Morgan fingerprint density at radius 1 is 1.03 bits per heavy atom. The number of nitrogens with zero attached hydrogens (tertiary/aromatic N) is 2. The molecule has 0 atom stereocenters. The van der Waals surface area contributed by atoms with Gasteiger partial charge in [0, 0.05) is 38.3 Å². The van der Waals surface area contributed by atoms with E-state index in [0.717, 1.165) is 5.56 Å². The van der Waals surface area contributed by atoms with E-state index in [9.17, 15) is 18.0 Å². The Balaban J connectivity index is 1.61. The van der Waals surface area contributed by atoms with Crippen molar-refractivity contribution in [3.8, 4) is 11.5 Å². The molecule has 1 saturated heterocycles. The van der Waals surface area contributed by atoms with Gasteiger partial charge in [-0.3, -0.25) is 9.69 Å². The van der Waals surface area contributed by atoms with Crippen molar-refractivity contribution in [3.63, 3.8) is 0 Å². The first-order valence-electron chi connectivity index (χ1n) is 9.44. The van der Waals surface area contributed by atoms with Crippen molar-refractivity contribution in [1.29, 1.82) is 0 Å². The fraction of sp³-hybridized carbons (Fsp3) is 0.381. The molecule has 8 heteroatoms. The van der Waals surface area contributed by atoms with E-state index in [1.165, 1.54) is 30.3 Å². The number of hydrogen-bond donors (Lipinski definition) is 0. The summed E-state index contributed by atoms with van der Waals surface area (Å²) in [7, 11) is 0. The van der Waals surface area contributed by atoms with Gasteiger partial charge >= 0.3 is 6.61 Å². The van der Waals surface area contributed by atoms with Crippen LogP contribution in [-0.4, -0.2) is 55.1 Å². The van der Waals surface area contributed by atoms with Gasteiger partial charge in [0.25, 0.3) is 5.91 Å². The number of carbonyl (C=O) groups is 1. The number of halogens is 3. The average Bonchev–Trinajstić information content (AvgIpc) is 2.71. The zero-order valence-electron chi connectivity index (χ0n) is 16.1. The zero-order valence-corrected chi connectivity index (χ0v) is 16.1. The number of benzene rings is 2. The minimum atomic E-state index is -2.97. The number of piperazine rings is 1. The first-order chi connectivity index (χ1) is 14.0. The Morgan fingerprint density at radius 3 is 2.34 bits per heavy atom. The highest BCUT2D eigenvalue weighted by Crippen LogP contribution is 2.30. The highest BCUT2D eigenvalue weighted by Gasteiger charge is 2.23. The monoisotopic (exact) mass is 408 g/mol. The normalized spacial score (nSPS) is 14.9. The van der Waals surface area contributed by atoms with Gasteiger partial charge < -0.3 is 14.4 Å². The summed E-state index contributed by atoms with van der Waals surface area (Å²) in [5, 5.41) is 0. The van der Waals surface area contributed by atoms with Crippen molar-refractivity contribution in [2.24, 2.45) is 0 Å². The summed E-state index contributed by atoms with van der Waals surface area (Å²) in [6.07, 6.45) is 0. The van der Waals surface area contributed by atoms with Crippen LogP contribution in [-0.2, 0) is 6.54 Å². The fourth-order valence-electron chi connectivity index (χ4n) is 3.24. The van der Waals surface area contributed by atoms with Crippen LogP contribution in [0.3, 0.4) is 0 Å². The van der Waals surface area contributed by atoms with E-state index in [1.807, 2.05) is 0 Å². The van der Waals surface area contributed by atoms with Crippen molar-refractivity contribution in [2.75, 3.05) is 32.8 Å². The van der Waals surface area contributed by atoms with Gasteiger partial charge in [-0.1, -0.05) is 12.1 Å². The SMILES string of the molecule is CCOc1cc(C(=O)N2CCN(Cc3ccc(F)cc3)CC2)ccc1OC(F)F. The smallest absolute Gasteiger partial charge is 0.387 e. The van der Waals surface area contributed by atoms with Crippen LogP contribution in [0.25, 0.3) is 0 Å². The lowest BCUT2D eigenvalue weighted by molar-refractivity contribution is -0.0514. The van der Waals surface area contributed by atoms with E-state index < -0.39 is 6.61 Å². The second-order valence-corrected chi connectivity index (χ2v) is 6.67. The molecule has 1 fully saturated rings. The number of alkyl halides is 2. The minimum Gasteiger partial charge on any atom is -0.490 e. The number of rotatable bonds is 7. The minimum absolute atomic E-state index is 0.0949. The van der Waals surface area contributed by atoms with Crippen LogP contribution >= 0.6 is 0 Å². The summed E-state index contributed by atoms with van der Waals surface area (Å²) in [5.41, 5.74) is 1.38. The van der Waals surface area contributed by atoms with Crippen LogP contribution in [0.15, 0.2) is 42.5 Å². The van der Waals surface area contributed by atoms with Gasteiger partial charge in [0.2, 0.25) is 0 Å². The Labute approximate surface area is 167 Å². The van der Waals surface area contributed by atoms with Gasteiger partial charge in [0.05, 0.1) is 6.61 Å². The van der Waals surface area contributed by atoms with E-state index in [4.69, 9.17) is 4.74 Å². The Hall–Kier alpha value is -2.74. The Kier molecular flexibility index (Phi) is 6.98. The topological polar surface area (TPSA) is 42.0 Å². The van der Waals surface area contributed by atoms with Gasteiger partial charge in [-0.25, -0.2) is 4.39 Å². The molecular formula is C21H23F3N2O3. The summed E-state index contributed by atoms with van der Waals surface area (Å²) in [6.45, 7) is 2.17. The third-order valence-electron chi connectivity index (χ3n) is 4.69. The van der Waals surface area contributed by atoms with Crippen molar-refractivity contribution in [1.82, 2.24) is 9.80 Å². The van der Waals surface area contributed by atoms with Crippen molar-refractivity contribution in [3.05, 3.63) is 59.4 Å². The second kappa shape index (κ2) is 9.65. The number of ether oxygens (including phenoxy) is 2. The van der Waals surface area contributed by atoms with Crippen molar-refractivity contribution < 1.29 is 27.4 Å². The molecule has 0 bridgehead atoms. The summed E-state index contributed by atoms with van der Waals surface area (Å²) < 4.78 is 47.9. The Bertz CT molecular complexity index is 822. The van der Waals surface area contributed by atoms with Crippen LogP contribution in [0, 0.1) is 5.82 Å². The predicted molar refractivity (Wildman–Crippen MR) is 102 cm³/mol. The molecule has 5 nitrogen and oxygen atoms in total. The number of hydrogen-bond acceptors (Lipinski definition) is 4. The molecule has 0 aliphatic carbocycles. The molecule has 0 saturated carbocycles. The largest absolute Gasteiger partial charge is 0.490 e. The van der Waals surface area contributed by atoms with Crippen LogP contribution < -0.4 is 9.47 Å². The average molecular weight is 408 g/mol. The predicted octanol–water partition coefficient (Wildman–Crippen LogP) is 3.78. The summed E-state index contributed by atoms with van der Waals surface area (Å²) in [4.78, 5) is 16.7. The highest BCUT2D eigenvalue weighted by molar-refractivity contribution is 5.95. The molecule has 3 rings (SSSR count). The van der Waals surface area contributed by atoms with Crippen LogP contribution in [0.5, 0.6) is 11.5 Å². The lowest BCUT2D eigenvalue weighted by Gasteiger charge is -2.34. The van der Waals surface area contributed by atoms with E-state index in [0.29, 0.717) is 38.3 Å². The molecular weight excluding hydrogens is 385 g/mol. The molecule has 156 valence electrons. The molecule has 1 heterocycles. The lowest BCUT2D eigenvalue weighted by atomic mass is 10.1. The van der Waals surface area contributed by atoms with Crippen LogP contribution in [0.1, 0.15) is 22.8 Å². The molecule has 0 unspecified atom stereocenters. The third kappa shape index (κ3) is 5.63. The van der Waals surface area contributed by atoms with E-state index in [2.05, 4.69) is 9.64 Å². The van der Waals surface area contributed by atoms with Crippen molar-refractivity contribution >= 4 is 5.91 Å². The molecule has 0 radical (unpaired) electrons. The molecule has 2 aromatic rings. The first-order valence-corrected chi connectivity index (χ1v) is 9.44. The third-order valence-corrected chi connectivity index (χ3v) is 4.69. The number of carbonyl (C=O) groups excluding carboxylic acids is 1. The van der Waals surface area contributed by atoms with E-state index in [-0.39, 0.29) is 29.8 Å². The molecule has 0 spiro atoms. The summed E-state index contributed by atoms with van der Waals surface area (Å²) >= 11 is 0. The van der Waals surface area contributed by atoms with Gasteiger partial charge in [-0.15, -0.1) is 0 Å². The van der Waals surface area contributed by atoms with Crippen LogP contribution in [0.4, 0.5) is 13.2 Å².